The molecular formula is C15H22ClN3O4. The molecule has 0 bridgehead atoms. The number of hydrogen-bond donors (Lipinski definition) is 3. The van der Waals surface area contributed by atoms with E-state index in [1.807, 2.05) is 0 Å². The van der Waals surface area contributed by atoms with Crippen LogP contribution in [0.2, 0.25) is 0 Å². The third kappa shape index (κ3) is 7.12. The van der Waals surface area contributed by atoms with E-state index in [1.54, 1.807) is 45.2 Å². The molecule has 23 heavy (non-hydrogen) atoms. The van der Waals surface area contributed by atoms with Crippen LogP contribution in [0.25, 0.3) is 0 Å². The Morgan fingerprint density at radius 1 is 1.17 bits per heavy atom. The summed E-state index contributed by atoms with van der Waals surface area (Å²) in [4.78, 5) is 34.8. The summed E-state index contributed by atoms with van der Waals surface area (Å²) >= 11 is 0. The summed E-state index contributed by atoms with van der Waals surface area (Å²) in [6, 6.07) is 5.67. The highest BCUT2D eigenvalue weighted by Crippen LogP contribution is 2.09. The number of amides is 2. The summed E-state index contributed by atoms with van der Waals surface area (Å²) in [7, 11) is 1.68. The average Bonchev–Trinajstić information content (AvgIpc) is 2.48. The van der Waals surface area contributed by atoms with Crippen molar-refractivity contribution in [2.75, 3.05) is 25.5 Å². The maximum atomic E-state index is 12.0. The van der Waals surface area contributed by atoms with Gasteiger partial charge in [-0.05, 0) is 45.2 Å². The molecule has 0 fully saturated rings. The Labute approximate surface area is 141 Å². The first-order valence-corrected chi connectivity index (χ1v) is 7.00. The van der Waals surface area contributed by atoms with Crippen molar-refractivity contribution in [3.8, 4) is 0 Å². The zero-order valence-electron chi connectivity index (χ0n) is 13.3. The van der Waals surface area contributed by atoms with Crippen LogP contribution in [0.4, 0.5) is 5.69 Å². The summed E-state index contributed by atoms with van der Waals surface area (Å²) in [6.45, 7) is 3.73. The maximum Gasteiger partial charge on any atom is 0.328 e. The van der Waals surface area contributed by atoms with Crippen molar-refractivity contribution < 1.29 is 19.1 Å². The Morgan fingerprint density at radius 3 is 2.30 bits per heavy atom. The van der Waals surface area contributed by atoms with E-state index in [-0.39, 0.29) is 37.4 Å². The first kappa shape index (κ1) is 20.9. The quantitative estimate of drug-likeness (QED) is 0.640. The molecule has 0 aromatic heterocycles. The Balaban J connectivity index is 0.00000484. The minimum absolute atomic E-state index is 0. The van der Waals surface area contributed by atoms with Crippen LogP contribution < -0.4 is 16.0 Å². The largest absolute Gasteiger partial charge is 0.464 e. The fraction of sp³-hybridized carbons (Fsp3) is 0.400. The standard InChI is InChI=1S/C15H21N3O4.ClH/c1-4-22-15(21)10(2)17-14(20)11-5-7-12(8-6-11)18-13(19)9-16-3;/h5-8,10,16H,4,9H2,1-3H3,(H,17,20)(H,18,19);1H. The van der Waals surface area contributed by atoms with Gasteiger partial charge in [0.2, 0.25) is 5.91 Å². The molecule has 0 aliphatic heterocycles. The number of esters is 1. The molecule has 7 nitrogen and oxygen atoms in total. The van der Waals surface area contributed by atoms with Gasteiger partial charge in [-0.3, -0.25) is 9.59 Å². The van der Waals surface area contributed by atoms with E-state index in [1.165, 1.54) is 0 Å². The Kier molecular flexibility index (Phi) is 9.60. The second kappa shape index (κ2) is 10.6. The lowest BCUT2D eigenvalue weighted by Gasteiger charge is -2.13. The van der Waals surface area contributed by atoms with Crippen molar-refractivity contribution in [1.82, 2.24) is 10.6 Å². The van der Waals surface area contributed by atoms with Gasteiger partial charge < -0.3 is 20.7 Å². The fourth-order valence-corrected chi connectivity index (χ4v) is 1.68. The van der Waals surface area contributed by atoms with Gasteiger partial charge in [0, 0.05) is 11.3 Å². The third-order valence-corrected chi connectivity index (χ3v) is 2.76. The van der Waals surface area contributed by atoms with Crippen LogP contribution in [0.5, 0.6) is 0 Å². The molecule has 128 valence electrons. The van der Waals surface area contributed by atoms with Gasteiger partial charge in [0.15, 0.2) is 0 Å². The van der Waals surface area contributed by atoms with Crippen LogP contribution in [0.15, 0.2) is 24.3 Å². The van der Waals surface area contributed by atoms with Crippen molar-refractivity contribution >= 4 is 35.9 Å². The lowest BCUT2D eigenvalue weighted by Crippen LogP contribution is -2.39. The van der Waals surface area contributed by atoms with Gasteiger partial charge in [-0.15, -0.1) is 12.4 Å². The van der Waals surface area contributed by atoms with E-state index in [4.69, 9.17) is 4.74 Å². The van der Waals surface area contributed by atoms with Gasteiger partial charge in [-0.1, -0.05) is 0 Å². The first-order valence-electron chi connectivity index (χ1n) is 7.00. The molecule has 1 atom stereocenters. The minimum atomic E-state index is -0.720. The first-order chi connectivity index (χ1) is 10.5. The summed E-state index contributed by atoms with van der Waals surface area (Å²) in [5.74, 6) is -1.03. The molecule has 0 radical (unpaired) electrons. The number of hydrogen-bond acceptors (Lipinski definition) is 5. The topological polar surface area (TPSA) is 96.5 Å². The van der Waals surface area contributed by atoms with E-state index < -0.39 is 12.0 Å². The molecule has 1 aromatic carbocycles. The van der Waals surface area contributed by atoms with Crippen molar-refractivity contribution in [1.29, 1.82) is 0 Å². The highest BCUT2D eigenvalue weighted by Gasteiger charge is 2.17. The number of anilines is 1. The smallest absolute Gasteiger partial charge is 0.328 e. The SMILES string of the molecule is CCOC(=O)C(C)NC(=O)c1ccc(NC(=O)CNC)cc1.Cl. The molecule has 0 spiro atoms. The predicted octanol–water partition coefficient (Wildman–Crippen LogP) is 0.948. The van der Waals surface area contributed by atoms with Crippen LogP contribution in [0.1, 0.15) is 24.2 Å². The molecule has 3 N–H and O–H groups in total. The molecule has 1 unspecified atom stereocenters. The summed E-state index contributed by atoms with van der Waals surface area (Å²) in [5, 5.41) is 7.97. The zero-order valence-corrected chi connectivity index (χ0v) is 14.2. The third-order valence-electron chi connectivity index (χ3n) is 2.76. The average molecular weight is 344 g/mol. The molecule has 1 rings (SSSR count). The highest BCUT2D eigenvalue weighted by molar-refractivity contribution is 5.97. The maximum absolute atomic E-state index is 12.0. The number of benzene rings is 1. The molecule has 0 aliphatic rings. The number of likely N-dealkylation sites (N-methyl/N-ethyl adjacent to an activating group) is 1. The second-order valence-corrected chi connectivity index (χ2v) is 4.60. The predicted molar refractivity (Wildman–Crippen MR) is 89.8 cm³/mol. The van der Waals surface area contributed by atoms with Gasteiger partial charge in [0.25, 0.3) is 5.91 Å². The van der Waals surface area contributed by atoms with Gasteiger partial charge in [0.1, 0.15) is 6.04 Å². The van der Waals surface area contributed by atoms with Crippen LogP contribution in [-0.2, 0) is 14.3 Å². The molecule has 0 saturated carbocycles. The lowest BCUT2D eigenvalue weighted by molar-refractivity contribution is -0.144. The van der Waals surface area contributed by atoms with E-state index in [0.717, 1.165) is 0 Å². The molecular weight excluding hydrogens is 322 g/mol. The van der Waals surface area contributed by atoms with Crippen LogP contribution >= 0.6 is 12.4 Å². The van der Waals surface area contributed by atoms with E-state index in [0.29, 0.717) is 11.3 Å². The number of carbonyl (C=O) groups excluding carboxylic acids is 3. The van der Waals surface area contributed by atoms with Crippen LogP contribution in [0, 0.1) is 0 Å². The summed E-state index contributed by atoms with van der Waals surface area (Å²) < 4.78 is 4.82. The van der Waals surface area contributed by atoms with Gasteiger partial charge in [-0.25, -0.2) is 4.79 Å². The normalized spacial score (nSPS) is 10.9. The number of carbonyl (C=O) groups is 3. The molecule has 2 amide bonds. The van der Waals surface area contributed by atoms with Gasteiger partial charge in [0.05, 0.1) is 13.2 Å². The van der Waals surface area contributed by atoms with Crippen molar-refractivity contribution in [3.63, 3.8) is 0 Å². The fourth-order valence-electron chi connectivity index (χ4n) is 1.68. The molecule has 0 heterocycles. The second-order valence-electron chi connectivity index (χ2n) is 4.60. The molecule has 0 saturated heterocycles. The summed E-state index contributed by atoms with van der Waals surface area (Å²) in [5.41, 5.74) is 0.984. The Morgan fingerprint density at radius 2 is 1.78 bits per heavy atom. The zero-order chi connectivity index (χ0) is 16.5. The number of ether oxygens (including phenoxy) is 1. The molecule has 1 aromatic rings. The molecule has 0 aliphatic carbocycles. The van der Waals surface area contributed by atoms with Crippen LogP contribution in [0.3, 0.4) is 0 Å². The van der Waals surface area contributed by atoms with E-state index >= 15 is 0 Å². The Hall–Kier alpha value is -2.12. The van der Waals surface area contributed by atoms with E-state index in [2.05, 4.69) is 16.0 Å². The van der Waals surface area contributed by atoms with E-state index in [9.17, 15) is 14.4 Å². The number of rotatable bonds is 7. The number of halogens is 1. The van der Waals surface area contributed by atoms with Gasteiger partial charge in [-0.2, -0.15) is 0 Å². The number of nitrogens with one attached hydrogen (secondary N) is 3. The highest BCUT2D eigenvalue weighted by atomic mass is 35.5. The van der Waals surface area contributed by atoms with Crippen molar-refractivity contribution in [2.45, 2.75) is 19.9 Å². The molecule has 8 heteroatoms. The van der Waals surface area contributed by atoms with Crippen molar-refractivity contribution in [3.05, 3.63) is 29.8 Å². The summed E-state index contributed by atoms with van der Waals surface area (Å²) in [6.07, 6.45) is 0. The monoisotopic (exact) mass is 343 g/mol. The minimum Gasteiger partial charge on any atom is -0.464 e. The lowest BCUT2D eigenvalue weighted by atomic mass is 10.2. The van der Waals surface area contributed by atoms with Crippen LogP contribution in [-0.4, -0.2) is 44.0 Å². The van der Waals surface area contributed by atoms with Gasteiger partial charge >= 0.3 is 5.97 Å². The van der Waals surface area contributed by atoms with Crippen molar-refractivity contribution in [2.24, 2.45) is 0 Å². The Bertz CT molecular complexity index is 534.